The van der Waals surface area contributed by atoms with Gasteiger partial charge in [-0.05, 0) is 73.1 Å². The van der Waals surface area contributed by atoms with E-state index < -0.39 is 16.6 Å². The maximum Gasteiger partial charge on any atom is 0.248 e. The van der Waals surface area contributed by atoms with Crippen LogP contribution < -0.4 is 9.47 Å². The average Bonchev–Trinajstić information content (AvgIpc) is 3.39. The summed E-state index contributed by atoms with van der Waals surface area (Å²) in [4.78, 5) is 21.0. The summed E-state index contributed by atoms with van der Waals surface area (Å²) in [6.07, 6.45) is 7.69. The van der Waals surface area contributed by atoms with Gasteiger partial charge in [-0.15, -0.1) is 0 Å². The molecule has 3 aromatic rings. The highest BCUT2D eigenvalue weighted by atomic mass is 16.7. The number of benzene rings is 3. The molecule has 3 heterocycles. The quantitative estimate of drug-likeness (QED) is 0.426. The molecular formula is C31H29NO4. The second kappa shape index (κ2) is 7.47. The van der Waals surface area contributed by atoms with E-state index in [1.807, 2.05) is 24.3 Å². The summed E-state index contributed by atoms with van der Waals surface area (Å²) in [5.41, 5.74) is 3.72. The monoisotopic (exact) mass is 479 g/mol. The molecule has 3 aromatic carbocycles. The molecule has 5 nitrogen and oxygen atoms in total. The first-order valence-corrected chi connectivity index (χ1v) is 12.8. The normalized spacial score (nSPS) is 29.1. The van der Waals surface area contributed by atoms with Crippen LogP contribution in [0, 0.1) is 0 Å². The number of ether oxygens (including phenoxy) is 2. The number of hydrogen-bond donors (Lipinski definition) is 0. The van der Waals surface area contributed by atoms with Crippen molar-refractivity contribution in [2.45, 2.75) is 56.1 Å². The van der Waals surface area contributed by atoms with Crippen molar-refractivity contribution in [3.63, 3.8) is 0 Å². The average molecular weight is 480 g/mol. The van der Waals surface area contributed by atoms with Gasteiger partial charge < -0.3 is 9.47 Å². The summed E-state index contributed by atoms with van der Waals surface area (Å²) in [7, 11) is 0. The van der Waals surface area contributed by atoms with Crippen LogP contribution in [0.2, 0.25) is 0 Å². The van der Waals surface area contributed by atoms with Crippen molar-refractivity contribution < 1.29 is 19.1 Å². The predicted molar refractivity (Wildman–Crippen MR) is 136 cm³/mol. The van der Waals surface area contributed by atoms with Gasteiger partial charge in [0, 0.05) is 11.8 Å². The Bertz CT molecular complexity index is 1380. The third-order valence-electron chi connectivity index (χ3n) is 8.68. The standard InChI is InChI=1S/C31H29NO4/c1-29-22-10-4-6-12-24(22)30(2,25-13-7-5-11-23(25)29)36-32(29)28(33)19-31(16-8-3-9-17-31)21-14-15-26-27(18-21)35-20-34-26/h4-8,10-16,18H,3,9,17,19-20H2,1-2H3. The molecule has 0 N–H and O–H groups in total. The number of hydroxylamine groups is 2. The number of fused-ring (bicyclic) bond motifs is 2. The minimum absolute atomic E-state index is 0.0167. The van der Waals surface area contributed by atoms with Crippen molar-refractivity contribution >= 4 is 5.91 Å². The molecule has 0 saturated carbocycles. The number of amides is 1. The van der Waals surface area contributed by atoms with E-state index in [1.54, 1.807) is 5.06 Å². The molecule has 182 valence electrons. The first kappa shape index (κ1) is 21.7. The van der Waals surface area contributed by atoms with Crippen LogP contribution >= 0.6 is 0 Å². The summed E-state index contributed by atoms with van der Waals surface area (Å²) < 4.78 is 11.2. The highest BCUT2D eigenvalue weighted by Gasteiger charge is 2.59. The molecule has 2 bridgehead atoms. The van der Waals surface area contributed by atoms with Crippen LogP contribution in [-0.2, 0) is 26.2 Å². The lowest BCUT2D eigenvalue weighted by Gasteiger charge is -2.57. The zero-order valence-corrected chi connectivity index (χ0v) is 20.6. The van der Waals surface area contributed by atoms with E-state index in [4.69, 9.17) is 14.3 Å². The lowest BCUT2D eigenvalue weighted by molar-refractivity contribution is -0.283. The zero-order valence-electron chi connectivity index (χ0n) is 20.6. The summed E-state index contributed by atoms with van der Waals surface area (Å²) in [6.45, 7) is 4.43. The van der Waals surface area contributed by atoms with Crippen LogP contribution in [0.5, 0.6) is 11.5 Å². The molecule has 0 saturated heterocycles. The Balaban J connectivity index is 1.33. The summed E-state index contributed by atoms with van der Waals surface area (Å²) in [5.74, 6) is 1.48. The Morgan fingerprint density at radius 2 is 1.56 bits per heavy atom. The maximum atomic E-state index is 14.3. The van der Waals surface area contributed by atoms with Crippen molar-refractivity contribution in [1.29, 1.82) is 0 Å². The van der Waals surface area contributed by atoms with Gasteiger partial charge in [0.1, 0.15) is 11.1 Å². The van der Waals surface area contributed by atoms with Gasteiger partial charge in [-0.3, -0.25) is 9.63 Å². The van der Waals surface area contributed by atoms with Gasteiger partial charge in [-0.1, -0.05) is 66.7 Å². The third kappa shape index (κ3) is 2.78. The van der Waals surface area contributed by atoms with Crippen molar-refractivity contribution in [2.75, 3.05) is 6.79 Å². The summed E-state index contributed by atoms with van der Waals surface area (Å²) in [5, 5.41) is 1.68. The van der Waals surface area contributed by atoms with E-state index in [9.17, 15) is 4.79 Å². The summed E-state index contributed by atoms with van der Waals surface area (Å²) >= 11 is 0. The van der Waals surface area contributed by atoms with E-state index in [-0.39, 0.29) is 12.7 Å². The molecule has 0 aromatic heterocycles. The SMILES string of the molecule is CC12ON(C(=O)CC3(c4ccc5c(c4)OCO5)C=CCCC3)C(C)(c3ccccc31)c1ccccc12. The Hall–Kier alpha value is -3.57. The molecule has 5 heteroatoms. The molecule has 0 spiro atoms. The molecule has 3 aliphatic heterocycles. The number of carbonyl (C=O) groups is 1. The van der Waals surface area contributed by atoms with E-state index in [2.05, 4.69) is 68.5 Å². The van der Waals surface area contributed by atoms with Gasteiger partial charge in [-0.25, -0.2) is 5.06 Å². The lowest BCUT2D eigenvalue weighted by Crippen LogP contribution is -2.62. The van der Waals surface area contributed by atoms with Gasteiger partial charge in [0.25, 0.3) is 0 Å². The van der Waals surface area contributed by atoms with Gasteiger partial charge >= 0.3 is 0 Å². The second-order valence-corrected chi connectivity index (χ2v) is 10.7. The van der Waals surface area contributed by atoms with Gasteiger partial charge in [0.15, 0.2) is 11.5 Å². The topological polar surface area (TPSA) is 48.0 Å². The highest BCUT2D eigenvalue weighted by molar-refractivity contribution is 5.81. The Morgan fingerprint density at radius 1 is 0.889 bits per heavy atom. The number of hydrogen-bond acceptors (Lipinski definition) is 4. The van der Waals surface area contributed by atoms with Crippen LogP contribution in [0.4, 0.5) is 0 Å². The lowest BCUT2D eigenvalue weighted by atomic mass is 9.65. The van der Waals surface area contributed by atoms with Crippen LogP contribution in [-0.4, -0.2) is 17.8 Å². The molecule has 1 unspecified atom stereocenters. The second-order valence-electron chi connectivity index (χ2n) is 10.7. The van der Waals surface area contributed by atoms with Crippen molar-refractivity contribution in [3.05, 3.63) is 107 Å². The molecular weight excluding hydrogens is 450 g/mol. The number of rotatable bonds is 3. The zero-order chi connectivity index (χ0) is 24.5. The highest BCUT2D eigenvalue weighted by Crippen LogP contribution is 2.58. The van der Waals surface area contributed by atoms with Crippen molar-refractivity contribution in [1.82, 2.24) is 5.06 Å². The third-order valence-corrected chi connectivity index (χ3v) is 8.68. The Morgan fingerprint density at radius 3 is 2.22 bits per heavy atom. The minimum atomic E-state index is -0.727. The van der Waals surface area contributed by atoms with Crippen LogP contribution in [0.3, 0.4) is 0 Å². The molecule has 36 heavy (non-hydrogen) atoms. The van der Waals surface area contributed by atoms with Crippen LogP contribution in [0.15, 0.2) is 78.9 Å². The first-order valence-electron chi connectivity index (χ1n) is 12.8. The van der Waals surface area contributed by atoms with Crippen molar-refractivity contribution in [2.24, 2.45) is 0 Å². The smallest absolute Gasteiger partial charge is 0.248 e. The molecule has 1 atom stereocenters. The van der Waals surface area contributed by atoms with Crippen LogP contribution in [0.1, 0.15) is 67.3 Å². The van der Waals surface area contributed by atoms with E-state index in [0.717, 1.165) is 58.6 Å². The fourth-order valence-electron chi connectivity index (χ4n) is 6.79. The molecule has 8 rings (SSSR count). The number of carbonyl (C=O) groups excluding carboxylic acids is 1. The minimum Gasteiger partial charge on any atom is -0.454 e. The maximum absolute atomic E-state index is 14.3. The molecule has 0 radical (unpaired) electrons. The van der Waals surface area contributed by atoms with Gasteiger partial charge in [0.05, 0.1) is 0 Å². The largest absolute Gasteiger partial charge is 0.454 e. The van der Waals surface area contributed by atoms with Crippen molar-refractivity contribution in [3.8, 4) is 11.5 Å². The number of nitrogens with zero attached hydrogens (tertiary/aromatic N) is 1. The van der Waals surface area contributed by atoms with Gasteiger partial charge in [0.2, 0.25) is 12.7 Å². The Labute approximate surface area is 211 Å². The molecule has 1 amide bonds. The molecule has 5 aliphatic rings. The number of allylic oxidation sites excluding steroid dienone is 2. The molecule has 2 aliphatic carbocycles. The van der Waals surface area contributed by atoms with Crippen LogP contribution in [0.25, 0.3) is 0 Å². The fraction of sp³-hybridized carbons (Fsp3) is 0.323. The predicted octanol–water partition coefficient (Wildman–Crippen LogP) is 6.10. The van der Waals surface area contributed by atoms with E-state index >= 15 is 0 Å². The van der Waals surface area contributed by atoms with E-state index in [0.29, 0.717) is 6.42 Å². The Kier molecular flexibility index (Phi) is 4.50. The summed E-state index contributed by atoms with van der Waals surface area (Å²) in [6, 6.07) is 22.8. The van der Waals surface area contributed by atoms with Gasteiger partial charge in [-0.2, -0.15) is 0 Å². The molecule has 0 fully saturated rings. The fourth-order valence-corrected chi connectivity index (χ4v) is 6.79. The first-order chi connectivity index (χ1) is 17.5. The van der Waals surface area contributed by atoms with E-state index in [1.165, 1.54) is 0 Å².